The Morgan fingerprint density at radius 3 is 2.56 bits per heavy atom. The van der Waals surface area contributed by atoms with Crippen LogP contribution in [0.3, 0.4) is 0 Å². The second kappa shape index (κ2) is 12.6. The number of nitriles is 1. The van der Waals surface area contributed by atoms with Crippen LogP contribution in [-0.4, -0.2) is 27.9 Å². The summed E-state index contributed by atoms with van der Waals surface area (Å²) in [4.78, 5) is 30.2. The predicted molar refractivity (Wildman–Crippen MR) is 154 cm³/mol. The van der Waals surface area contributed by atoms with Crippen molar-refractivity contribution in [1.82, 2.24) is 4.98 Å². The van der Waals surface area contributed by atoms with Gasteiger partial charge in [-0.05, 0) is 60.9 Å². The zero-order chi connectivity index (χ0) is 28.2. The maximum Gasteiger partial charge on any atom is 0.292 e. The number of anilines is 2. The van der Waals surface area contributed by atoms with E-state index in [4.69, 9.17) is 10.2 Å². The van der Waals surface area contributed by atoms with E-state index in [9.17, 15) is 24.3 Å². The Balaban J connectivity index is 0.00000387. The lowest BCUT2D eigenvalue weighted by Crippen LogP contribution is -2.40. The maximum atomic E-state index is 13.7. The molecule has 0 aliphatic heterocycles. The van der Waals surface area contributed by atoms with E-state index >= 15 is 0 Å². The van der Waals surface area contributed by atoms with Crippen LogP contribution in [0.4, 0.5) is 15.9 Å². The fourth-order valence-corrected chi connectivity index (χ4v) is 4.90. The van der Waals surface area contributed by atoms with Gasteiger partial charge in [-0.15, -0.1) is 12.4 Å². The number of pyridine rings is 1. The Morgan fingerprint density at radius 2 is 1.85 bits per heavy atom. The van der Waals surface area contributed by atoms with Gasteiger partial charge in [0.15, 0.2) is 11.6 Å². The minimum atomic E-state index is -0.636. The number of nitrogens with two attached hydrogens (primary N) is 1. The molecule has 0 saturated heterocycles. The van der Waals surface area contributed by atoms with E-state index in [1.54, 1.807) is 36.4 Å². The minimum absolute atomic E-state index is 0. The number of nitrogens with zero attached hydrogens (tertiary/aromatic N) is 2. The van der Waals surface area contributed by atoms with Gasteiger partial charge < -0.3 is 25.9 Å². The standard InChI is InChI=1S/C30H26FN5O4.ClH/c31-18-10-11-21(26(37)14-18)25-15-22(23(16-32)28(35-25)36-30(39)27-9-4-12-40-27)17-5-3-6-19(13-17)34-29(38)20-7-1-2-8-24(20)33;/h3-6,9-15,20,24,37H,1-2,7-8,33H2,(H,34,38)(H,35,36,39);1H/t20-,24-;/m0./s1. The largest absolute Gasteiger partial charge is 0.507 e. The van der Waals surface area contributed by atoms with Crippen LogP contribution in [0, 0.1) is 23.1 Å². The molecule has 2 atom stereocenters. The molecule has 5 rings (SSSR count). The van der Waals surface area contributed by atoms with Gasteiger partial charge in [-0.1, -0.05) is 25.0 Å². The SMILES string of the molecule is Cl.N#Cc1c(-c2cccc(NC(=O)[C@H]3CCCC[C@@H]3N)c2)cc(-c2ccc(F)cc2O)nc1NC(=O)c1ccco1. The van der Waals surface area contributed by atoms with Gasteiger partial charge in [0.25, 0.3) is 5.91 Å². The number of amides is 2. The number of aromatic hydroxyl groups is 1. The zero-order valence-corrected chi connectivity index (χ0v) is 22.6. The number of rotatable bonds is 6. The predicted octanol–water partition coefficient (Wildman–Crippen LogP) is 5.86. The molecule has 2 aromatic carbocycles. The van der Waals surface area contributed by atoms with Crippen LogP contribution in [0.1, 0.15) is 41.8 Å². The van der Waals surface area contributed by atoms with Gasteiger partial charge in [0.1, 0.15) is 23.2 Å². The average Bonchev–Trinajstić information content (AvgIpc) is 3.48. The smallest absolute Gasteiger partial charge is 0.292 e. The summed E-state index contributed by atoms with van der Waals surface area (Å²) in [5.41, 5.74) is 8.03. The van der Waals surface area contributed by atoms with Gasteiger partial charge in [-0.3, -0.25) is 9.59 Å². The summed E-state index contributed by atoms with van der Waals surface area (Å²) in [5, 5.41) is 26.1. The molecule has 2 heterocycles. The van der Waals surface area contributed by atoms with Gasteiger partial charge in [-0.25, -0.2) is 9.37 Å². The van der Waals surface area contributed by atoms with E-state index in [0.717, 1.165) is 31.7 Å². The molecule has 1 fully saturated rings. The molecule has 0 bridgehead atoms. The first-order chi connectivity index (χ1) is 19.3. The summed E-state index contributed by atoms with van der Waals surface area (Å²) in [7, 11) is 0. The number of phenols is 1. The third kappa shape index (κ3) is 6.38. The third-order valence-electron chi connectivity index (χ3n) is 6.94. The van der Waals surface area contributed by atoms with Crippen molar-refractivity contribution in [2.75, 3.05) is 10.6 Å². The lowest BCUT2D eigenvalue weighted by Gasteiger charge is -2.27. The summed E-state index contributed by atoms with van der Waals surface area (Å²) in [6.07, 6.45) is 4.81. The summed E-state index contributed by atoms with van der Waals surface area (Å²) >= 11 is 0. The monoisotopic (exact) mass is 575 g/mol. The summed E-state index contributed by atoms with van der Waals surface area (Å²) in [6.45, 7) is 0. The number of hydrogen-bond donors (Lipinski definition) is 4. The summed E-state index contributed by atoms with van der Waals surface area (Å²) in [6, 6.07) is 16.8. The summed E-state index contributed by atoms with van der Waals surface area (Å²) < 4.78 is 18.9. The van der Waals surface area contributed by atoms with E-state index in [1.807, 2.05) is 0 Å². The van der Waals surface area contributed by atoms with E-state index < -0.39 is 11.7 Å². The molecule has 210 valence electrons. The molecule has 4 aromatic rings. The lowest BCUT2D eigenvalue weighted by molar-refractivity contribution is -0.121. The van der Waals surface area contributed by atoms with E-state index in [1.165, 1.54) is 24.5 Å². The molecule has 0 spiro atoms. The topological polar surface area (TPSA) is 154 Å². The quantitative estimate of drug-likeness (QED) is 0.224. The van der Waals surface area contributed by atoms with Gasteiger partial charge in [0, 0.05) is 28.9 Å². The highest BCUT2D eigenvalue weighted by molar-refractivity contribution is 6.03. The third-order valence-corrected chi connectivity index (χ3v) is 6.94. The van der Waals surface area contributed by atoms with Crippen molar-refractivity contribution in [3.05, 3.63) is 84.1 Å². The number of carbonyl (C=O) groups excluding carboxylic acids is 2. The van der Waals surface area contributed by atoms with Crippen molar-refractivity contribution in [2.45, 2.75) is 31.7 Å². The molecule has 0 radical (unpaired) electrons. The molecule has 0 unspecified atom stereocenters. The van der Waals surface area contributed by atoms with Crippen LogP contribution in [0.15, 0.2) is 71.3 Å². The van der Waals surface area contributed by atoms with Gasteiger partial charge in [0.05, 0.1) is 17.9 Å². The van der Waals surface area contributed by atoms with Crippen molar-refractivity contribution in [3.8, 4) is 34.2 Å². The van der Waals surface area contributed by atoms with Gasteiger partial charge in [0.2, 0.25) is 5.91 Å². The summed E-state index contributed by atoms with van der Waals surface area (Å²) in [5.74, 6) is -2.16. The number of aromatic nitrogens is 1. The van der Waals surface area contributed by atoms with Crippen LogP contribution in [-0.2, 0) is 4.79 Å². The highest BCUT2D eigenvalue weighted by Gasteiger charge is 2.28. The number of nitrogens with one attached hydrogen (secondary N) is 2. The van der Waals surface area contributed by atoms with Crippen molar-refractivity contribution in [2.24, 2.45) is 11.7 Å². The Morgan fingerprint density at radius 1 is 1.05 bits per heavy atom. The fourth-order valence-electron chi connectivity index (χ4n) is 4.90. The number of carbonyl (C=O) groups is 2. The first-order valence-electron chi connectivity index (χ1n) is 12.8. The second-order valence-electron chi connectivity index (χ2n) is 9.61. The van der Waals surface area contributed by atoms with E-state index in [0.29, 0.717) is 16.8 Å². The Labute approximate surface area is 241 Å². The minimum Gasteiger partial charge on any atom is -0.507 e. The zero-order valence-electron chi connectivity index (χ0n) is 21.8. The van der Waals surface area contributed by atoms with Crippen LogP contribution < -0.4 is 16.4 Å². The van der Waals surface area contributed by atoms with Crippen LogP contribution in [0.2, 0.25) is 0 Å². The molecule has 5 N–H and O–H groups in total. The van der Waals surface area contributed by atoms with Crippen molar-refractivity contribution >= 4 is 35.7 Å². The highest BCUT2D eigenvalue weighted by atomic mass is 35.5. The maximum absolute atomic E-state index is 13.7. The van der Waals surface area contributed by atoms with Crippen molar-refractivity contribution < 1.29 is 23.5 Å². The molecule has 1 saturated carbocycles. The number of benzene rings is 2. The molecule has 1 aliphatic rings. The van der Waals surface area contributed by atoms with Gasteiger partial charge >= 0.3 is 0 Å². The Hall–Kier alpha value is -4.72. The average molecular weight is 576 g/mol. The highest BCUT2D eigenvalue weighted by Crippen LogP contribution is 2.37. The normalized spacial score (nSPS) is 16.2. The van der Waals surface area contributed by atoms with Gasteiger partial charge in [-0.2, -0.15) is 5.26 Å². The first-order valence-corrected chi connectivity index (χ1v) is 12.8. The fraction of sp³-hybridized carbons (Fsp3) is 0.200. The molecule has 2 aromatic heterocycles. The Bertz CT molecular complexity index is 1620. The number of hydrogen-bond acceptors (Lipinski definition) is 7. The molecule has 11 heteroatoms. The second-order valence-corrected chi connectivity index (χ2v) is 9.61. The van der Waals surface area contributed by atoms with Crippen LogP contribution in [0.5, 0.6) is 5.75 Å². The number of halogens is 2. The lowest BCUT2D eigenvalue weighted by atomic mass is 9.84. The molecule has 1 aliphatic carbocycles. The first kappa shape index (κ1) is 29.3. The van der Waals surface area contributed by atoms with E-state index in [2.05, 4.69) is 21.7 Å². The number of phenolic OH excluding ortho intramolecular Hbond substituents is 1. The van der Waals surface area contributed by atoms with E-state index in [-0.39, 0.29) is 64.4 Å². The molecule has 41 heavy (non-hydrogen) atoms. The van der Waals surface area contributed by atoms with Crippen molar-refractivity contribution in [1.29, 1.82) is 5.26 Å². The molecular formula is C30H27ClFN5O4. The molecular weight excluding hydrogens is 549 g/mol. The number of furan rings is 1. The van der Waals surface area contributed by atoms with Crippen molar-refractivity contribution in [3.63, 3.8) is 0 Å². The van der Waals surface area contributed by atoms with Crippen LogP contribution >= 0.6 is 12.4 Å². The Kier molecular flexibility index (Phi) is 9.02. The van der Waals surface area contributed by atoms with Crippen LogP contribution in [0.25, 0.3) is 22.4 Å². The molecule has 2 amide bonds. The molecule has 9 nitrogen and oxygen atoms in total.